The van der Waals surface area contributed by atoms with E-state index in [1.807, 2.05) is 64.0 Å². The Kier molecular flexibility index (Phi) is 5.33. The van der Waals surface area contributed by atoms with Crippen molar-refractivity contribution in [1.82, 2.24) is 19.6 Å². The first kappa shape index (κ1) is 20.1. The number of fused-ring (bicyclic) bond motifs is 1. The number of pyridine rings is 1. The highest BCUT2D eigenvalue weighted by Gasteiger charge is 2.34. The number of benzene rings is 1. The number of nitrogens with one attached hydrogen (secondary N) is 1. The monoisotopic (exact) mass is 404 g/mol. The third kappa shape index (κ3) is 3.95. The van der Waals surface area contributed by atoms with Gasteiger partial charge in [-0.25, -0.2) is 4.98 Å². The van der Waals surface area contributed by atoms with Crippen LogP contribution in [0.5, 0.6) is 0 Å². The van der Waals surface area contributed by atoms with E-state index in [0.717, 1.165) is 24.2 Å². The van der Waals surface area contributed by atoms with Crippen molar-refractivity contribution >= 4 is 17.3 Å². The molecule has 2 amide bonds. The predicted molar refractivity (Wildman–Crippen MR) is 116 cm³/mol. The van der Waals surface area contributed by atoms with Crippen LogP contribution in [0, 0.1) is 5.41 Å². The van der Waals surface area contributed by atoms with Crippen LogP contribution in [0.1, 0.15) is 66.3 Å². The van der Waals surface area contributed by atoms with Crippen molar-refractivity contribution in [1.29, 1.82) is 0 Å². The number of aromatic nitrogens is 2. The van der Waals surface area contributed by atoms with Gasteiger partial charge in [-0.05, 0) is 42.5 Å². The molecule has 0 radical (unpaired) electrons. The highest BCUT2D eigenvalue weighted by Crippen LogP contribution is 2.33. The highest BCUT2D eigenvalue weighted by atomic mass is 16.2. The molecule has 1 fully saturated rings. The second-order valence-electron chi connectivity index (χ2n) is 9.04. The molecule has 0 saturated carbocycles. The van der Waals surface area contributed by atoms with Gasteiger partial charge in [-0.2, -0.15) is 0 Å². The fraction of sp³-hybridized carbons (Fsp3) is 0.375. The third-order valence-corrected chi connectivity index (χ3v) is 5.40. The smallest absolute Gasteiger partial charge is 0.272 e. The molecular weight excluding hydrogens is 376 g/mol. The van der Waals surface area contributed by atoms with Crippen molar-refractivity contribution in [3.63, 3.8) is 0 Å². The zero-order valence-electron chi connectivity index (χ0n) is 17.8. The van der Waals surface area contributed by atoms with Crippen molar-refractivity contribution in [3.8, 4) is 0 Å². The first-order chi connectivity index (χ1) is 14.3. The van der Waals surface area contributed by atoms with Gasteiger partial charge in [0.2, 0.25) is 0 Å². The maximum absolute atomic E-state index is 13.1. The summed E-state index contributed by atoms with van der Waals surface area (Å²) >= 11 is 0. The maximum atomic E-state index is 13.1. The number of carbonyl (C=O) groups is 2. The molecular formula is C24H28N4O2. The zero-order chi connectivity index (χ0) is 21.3. The van der Waals surface area contributed by atoms with Crippen LogP contribution in [0.3, 0.4) is 0 Å². The van der Waals surface area contributed by atoms with Crippen LogP contribution in [-0.4, -0.2) is 39.2 Å². The number of carbonyl (C=O) groups excluding carboxylic acids is 2. The number of hydrogen-bond donors (Lipinski definition) is 1. The van der Waals surface area contributed by atoms with E-state index in [1.165, 1.54) is 0 Å². The molecule has 3 aromatic rings. The fourth-order valence-corrected chi connectivity index (χ4v) is 3.92. The van der Waals surface area contributed by atoms with Crippen molar-refractivity contribution in [2.75, 3.05) is 13.1 Å². The van der Waals surface area contributed by atoms with Gasteiger partial charge >= 0.3 is 0 Å². The van der Waals surface area contributed by atoms with E-state index in [0.29, 0.717) is 24.3 Å². The first-order valence-corrected chi connectivity index (χ1v) is 10.5. The van der Waals surface area contributed by atoms with Crippen LogP contribution in [0.4, 0.5) is 0 Å². The van der Waals surface area contributed by atoms with Crippen LogP contribution < -0.4 is 5.32 Å². The molecule has 0 spiro atoms. The Labute approximate surface area is 176 Å². The number of amides is 2. The van der Waals surface area contributed by atoms with E-state index in [-0.39, 0.29) is 23.3 Å². The standard InChI is InChI=1S/C24H28N4O2/c1-24(2,3)16-25-22(29)20-18-12-7-8-14-27(18)21(26-20)19-13-9-15-28(19)23(30)17-10-5-4-6-11-17/h4-8,10-12,14,19H,9,13,15-16H2,1-3H3,(H,25,29)/t19-/m0/s1. The lowest BCUT2D eigenvalue weighted by atomic mass is 9.97. The fourth-order valence-electron chi connectivity index (χ4n) is 3.92. The average molecular weight is 405 g/mol. The van der Waals surface area contributed by atoms with E-state index in [1.54, 1.807) is 0 Å². The second-order valence-corrected chi connectivity index (χ2v) is 9.04. The minimum Gasteiger partial charge on any atom is -0.350 e. The van der Waals surface area contributed by atoms with Crippen LogP contribution in [0.25, 0.3) is 5.52 Å². The Bertz CT molecular complexity index is 1070. The van der Waals surface area contributed by atoms with Crippen molar-refractivity contribution in [3.05, 3.63) is 71.8 Å². The molecule has 156 valence electrons. The van der Waals surface area contributed by atoms with Gasteiger partial charge in [0.25, 0.3) is 11.8 Å². The zero-order valence-corrected chi connectivity index (χ0v) is 17.8. The van der Waals surface area contributed by atoms with Crippen molar-refractivity contribution in [2.45, 2.75) is 39.7 Å². The summed E-state index contributed by atoms with van der Waals surface area (Å²) in [7, 11) is 0. The molecule has 3 heterocycles. The quantitative estimate of drug-likeness (QED) is 0.712. The molecule has 30 heavy (non-hydrogen) atoms. The van der Waals surface area contributed by atoms with E-state index < -0.39 is 0 Å². The van der Waals surface area contributed by atoms with Crippen LogP contribution >= 0.6 is 0 Å². The molecule has 0 unspecified atom stereocenters. The first-order valence-electron chi connectivity index (χ1n) is 10.5. The average Bonchev–Trinajstić information content (AvgIpc) is 3.36. The Morgan fingerprint density at radius 3 is 2.57 bits per heavy atom. The van der Waals surface area contributed by atoms with Crippen LogP contribution in [0.2, 0.25) is 0 Å². The highest BCUT2D eigenvalue weighted by molar-refractivity contribution is 5.99. The SMILES string of the molecule is CC(C)(C)CNC(=O)c1nc([C@@H]2CCCN2C(=O)c2ccccc2)n2ccccc12. The van der Waals surface area contributed by atoms with Gasteiger partial charge in [0, 0.05) is 24.8 Å². The van der Waals surface area contributed by atoms with Gasteiger partial charge in [0.15, 0.2) is 5.69 Å². The van der Waals surface area contributed by atoms with Crippen LogP contribution in [-0.2, 0) is 0 Å². The lowest BCUT2D eigenvalue weighted by Gasteiger charge is -2.24. The van der Waals surface area contributed by atoms with Crippen molar-refractivity contribution < 1.29 is 9.59 Å². The molecule has 1 N–H and O–H groups in total. The molecule has 4 rings (SSSR count). The number of nitrogens with zero attached hydrogens (tertiary/aromatic N) is 3. The number of imidazole rings is 1. The molecule has 1 saturated heterocycles. The summed E-state index contributed by atoms with van der Waals surface area (Å²) in [5.41, 5.74) is 1.83. The molecule has 2 aromatic heterocycles. The summed E-state index contributed by atoms with van der Waals surface area (Å²) in [6.45, 7) is 7.49. The Hall–Kier alpha value is -3.15. The van der Waals surface area contributed by atoms with E-state index in [2.05, 4.69) is 26.1 Å². The largest absolute Gasteiger partial charge is 0.350 e. The molecule has 6 heteroatoms. The summed E-state index contributed by atoms with van der Waals surface area (Å²) in [6.07, 6.45) is 3.66. The van der Waals surface area contributed by atoms with Gasteiger partial charge in [0.05, 0.1) is 11.6 Å². The van der Waals surface area contributed by atoms with Gasteiger partial charge in [-0.1, -0.05) is 45.0 Å². The summed E-state index contributed by atoms with van der Waals surface area (Å²) < 4.78 is 1.95. The third-order valence-electron chi connectivity index (χ3n) is 5.40. The topological polar surface area (TPSA) is 66.7 Å². The minimum atomic E-state index is -0.182. The number of rotatable bonds is 4. The number of likely N-dealkylation sites (tertiary alicyclic amines) is 1. The van der Waals surface area contributed by atoms with Gasteiger partial charge in [-0.15, -0.1) is 0 Å². The molecule has 0 aliphatic carbocycles. The lowest BCUT2D eigenvalue weighted by Crippen LogP contribution is -2.33. The predicted octanol–water partition coefficient (Wildman–Crippen LogP) is 4.09. The number of hydrogen-bond acceptors (Lipinski definition) is 3. The molecule has 0 bridgehead atoms. The minimum absolute atomic E-state index is 0.00418. The maximum Gasteiger partial charge on any atom is 0.272 e. The van der Waals surface area contributed by atoms with E-state index in [9.17, 15) is 9.59 Å². The molecule has 1 aliphatic heterocycles. The van der Waals surface area contributed by atoms with Crippen molar-refractivity contribution in [2.24, 2.45) is 5.41 Å². The Balaban J connectivity index is 1.69. The summed E-state index contributed by atoms with van der Waals surface area (Å²) in [4.78, 5) is 32.7. The molecule has 1 aromatic carbocycles. The van der Waals surface area contributed by atoms with Gasteiger partial charge in [0.1, 0.15) is 5.82 Å². The Morgan fingerprint density at radius 2 is 1.83 bits per heavy atom. The molecule has 1 aliphatic rings. The normalized spacial score (nSPS) is 16.8. The Morgan fingerprint density at radius 1 is 1.10 bits per heavy atom. The second kappa shape index (κ2) is 7.94. The van der Waals surface area contributed by atoms with E-state index >= 15 is 0 Å². The summed E-state index contributed by atoms with van der Waals surface area (Å²) in [5.74, 6) is 0.566. The summed E-state index contributed by atoms with van der Waals surface area (Å²) in [5, 5.41) is 3.00. The van der Waals surface area contributed by atoms with E-state index in [4.69, 9.17) is 4.98 Å². The summed E-state index contributed by atoms with van der Waals surface area (Å²) in [6, 6.07) is 14.9. The molecule has 6 nitrogen and oxygen atoms in total. The van der Waals surface area contributed by atoms with Gasteiger partial charge in [-0.3, -0.25) is 9.59 Å². The lowest BCUT2D eigenvalue weighted by molar-refractivity contribution is 0.0729. The molecule has 1 atom stereocenters. The van der Waals surface area contributed by atoms with Crippen LogP contribution in [0.15, 0.2) is 54.7 Å². The van der Waals surface area contributed by atoms with Gasteiger partial charge < -0.3 is 14.6 Å².